The molecule has 2 rings (SSSR count). The van der Waals surface area contributed by atoms with E-state index in [-0.39, 0.29) is 6.04 Å². The highest BCUT2D eigenvalue weighted by molar-refractivity contribution is 7.89. The van der Waals surface area contributed by atoms with Crippen molar-refractivity contribution in [1.82, 2.24) is 9.62 Å². The molecule has 0 radical (unpaired) electrons. The highest BCUT2D eigenvalue weighted by Crippen LogP contribution is 2.25. The third-order valence-corrected chi connectivity index (χ3v) is 6.09. The van der Waals surface area contributed by atoms with Gasteiger partial charge in [0.05, 0.1) is 17.5 Å². The molecule has 1 unspecified atom stereocenters. The maximum Gasteiger partial charge on any atom is 0.243 e. The van der Waals surface area contributed by atoms with E-state index in [9.17, 15) is 8.42 Å². The van der Waals surface area contributed by atoms with Crippen LogP contribution in [0.5, 0.6) is 0 Å². The van der Waals surface area contributed by atoms with Crippen LogP contribution in [0.2, 0.25) is 0 Å². The van der Waals surface area contributed by atoms with Crippen LogP contribution in [0.25, 0.3) is 0 Å². The summed E-state index contributed by atoms with van der Waals surface area (Å²) < 4.78 is 32.4. The number of sulfonamides is 1. The number of hydrogen-bond acceptors (Lipinski definition) is 4. The average Bonchev–Trinajstić information content (AvgIpc) is 2.99. The van der Waals surface area contributed by atoms with Crippen LogP contribution in [0.1, 0.15) is 24.5 Å². The van der Waals surface area contributed by atoms with E-state index in [4.69, 9.17) is 4.74 Å². The molecule has 118 valence electrons. The smallest absolute Gasteiger partial charge is 0.243 e. The number of nitrogens with zero attached hydrogens (tertiary/aromatic N) is 1. The van der Waals surface area contributed by atoms with Gasteiger partial charge in [-0.05, 0) is 37.1 Å². The molecule has 1 saturated heterocycles. The molecule has 0 bridgehead atoms. The first kappa shape index (κ1) is 16.4. The predicted octanol–water partition coefficient (Wildman–Crippen LogP) is 1.51. The number of ether oxygens (including phenoxy) is 1. The van der Waals surface area contributed by atoms with E-state index in [1.165, 1.54) is 4.31 Å². The molecule has 1 aromatic carbocycles. The van der Waals surface area contributed by atoms with E-state index >= 15 is 0 Å². The Morgan fingerprint density at radius 1 is 1.43 bits per heavy atom. The topological polar surface area (TPSA) is 58.6 Å². The summed E-state index contributed by atoms with van der Waals surface area (Å²) in [4.78, 5) is 0.396. The fraction of sp³-hybridized carbons (Fsp3) is 0.600. The maximum absolute atomic E-state index is 12.8. The Hall–Kier alpha value is -0.950. The van der Waals surface area contributed by atoms with Gasteiger partial charge in [-0.2, -0.15) is 4.31 Å². The Morgan fingerprint density at radius 2 is 2.19 bits per heavy atom. The van der Waals surface area contributed by atoms with Crippen molar-refractivity contribution in [1.29, 1.82) is 0 Å². The summed E-state index contributed by atoms with van der Waals surface area (Å²) >= 11 is 0. The fourth-order valence-electron chi connectivity index (χ4n) is 2.55. The van der Waals surface area contributed by atoms with Crippen molar-refractivity contribution in [3.63, 3.8) is 0 Å². The van der Waals surface area contributed by atoms with Crippen molar-refractivity contribution in [3.05, 3.63) is 29.3 Å². The summed E-state index contributed by atoms with van der Waals surface area (Å²) in [5.74, 6) is 0. The van der Waals surface area contributed by atoms with Gasteiger partial charge in [0, 0.05) is 20.2 Å². The SMILES string of the molecule is CCNCc1cccc(S(=O)(=O)N(C)C2CCOC2)c1C. The normalized spacial score (nSPS) is 19.3. The first-order valence-corrected chi connectivity index (χ1v) is 8.77. The summed E-state index contributed by atoms with van der Waals surface area (Å²) in [6.07, 6.45) is 0.756. The lowest BCUT2D eigenvalue weighted by Crippen LogP contribution is -2.37. The van der Waals surface area contributed by atoms with Gasteiger partial charge in [-0.15, -0.1) is 0 Å². The molecule has 0 aliphatic carbocycles. The Kier molecular flexibility index (Phi) is 5.37. The summed E-state index contributed by atoms with van der Waals surface area (Å²) in [5, 5.41) is 3.24. The minimum atomic E-state index is -3.48. The molecular formula is C15H24N2O3S. The summed E-state index contributed by atoms with van der Waals surface area (Å²) in [6, 6.07) is 5.40. The number of likely N-dealkylation sites (N-methyl/N-ethyl adjacent to an activating group) is 1. The van der Waals surface area contributed by atoms with Crippen molar-refractivity contribution in [2.24, 2.45) is 0 Å². The Morgan fingerprint density at radius 3 is 2.81 bits per heavy atom. The van der Waals surface area contributed by atoms with Crippen LogP contribution >= 0.6 is 0 Å². The zero-order valence-corrected chi connectivity index (χ0v) is 13.7. The lowest BCUT2D eigenvalue weighted by molar-refractivity contribution is 0.181. The van der Waals surface area contributed by atoms with E-state index in [1.54, 1.807) is 13.1 Å². The Bertz CT molecular complexity index is 581. The van der Waals surface area contributed by atoms with E-state index in [0.29, 0.717) is 24.7 Å². The zero-order valence-electron chi connectivity index (χ0n) is 12.9. The molecule has 6 heteroatoms. The van der Waals surface area contributed by atoms with Crippen LogP contribution in [0.3, 0.4) is 0 Å². The quantitative estimate of drug-likeness (QED) is 0.865. The third kappa shape index (κ3) is 3.45. The van der Waals surface area contributed by atoms with Crippen molar-refractivity contribution >= 4 is 10.0 Å². The van der Waals surface area contributed by atoms with Gasteiger partial charge in [-0.1, -0.05) is 19.1 Å². The molecule has 1 N–H and O–H groups in total. The Balaban J connectivity index is 2.31. The van der Waals surface area contributed by atoms with Crippen molar-refractivity contribution < 1.29 is 13.2 Å². The zero-order chi connectivity index (χ0) is 15.5. The van der Waals surface area contributed by atoms with Gasteiger partial charge in [0.1, 0.15) is 0 Å². The number of hydrogen-bond donors (Lipinski definition) is 1. The Labute approximate surface area is 127 Å². The molecule has 1 aliphatic heterocycles. The van der Waals surface area contributed by atoms with Gasteiger partial charge in [-0.3, -0.25) is 0 Å². The standard InChI is InChI=1S/C15H24N2O3S/c1-4-16-10-13-6-5-7-15(12(13)2)21(18,19)17(3)14-8-9-20-11-14/h5-7,14,16H,4,8-11H2,1-3H3. The van der Waals surface area contributed by atoms with E-state index in [2.05, 4.69) is 5.32 Å². The second-order valence-electron chi connectivity index (χ2n) is 5.36. The van der Waals surface area contributed by atoms with E-state index in [1.807, 2.05) is 26.0 Å². The number of benzene rings is 1. The first-order chi connectivity index (χ1) is 9.98. The van der Waals surface area contributed by atoms with Crippen molar-refractivity contribution in [2.75, 3.05) is 26.8 Å². The highest BCUT2D eigenvalue weighted by Gasteiger charge is 2.31. The molecule has 1 aliphatic rings. The van der Waals surface area contributed by atoms with Crippen molar-refractivity contribution in [2.45, 2.75) is 37.8 Å². The molecule has 1 aromatic rings. The van der Waals surface area contributed by atoms with Gasteiger partial charge in [0.25, 0.3) is 0 Å². The fourth-order valence-corrected chi connectivity index (χ4v) is 4.19. The second kappa shape index (κ2) is 6.87. The van der Waals surface area contributed by atoms with Gasteiger partial charge >= 0.3 is 0 Å². The number of nitrogens with one attached hydrogen (secondary N) is 1. The van der Waals surface area contributed by atoms with Crippen LogP contribution in [0.4, 0.5) is 0 Å². The molecule has 0 saturated carbocycles. The molecular weight excluding hydrogens is 288 g/mol. The molecule has 1 fully saturated rings. The van der Waals surface area contributed by atoms with E-state index in [0.717, 1.165) is 24.1 Å². The summed E-state index contributed by atoms with van der Waals surface area (Å²) in [5.41, 5.74) is 1.85. The second-order valence-corrected chi connectivity index (χ2v) is 7.33. The molecule has 1 heterocycles. The summed E-state index contributed by atoms with van der Waals surface area (Å²) in [7, 11) is -1.83. The van der Waals surface area contributed by atoms with Crippen LogP contribution in [0.15, 0.2) is 23.1 Å². The molecule has 5 nitrogen and oxygen atoms in total. The molecule has 0 amide bonds. The van der Waals surface area contributed by atoms with Crippen LogP contribution in [0, 0.1) is 6.92 Å². The first-order valence-electron chi connectivity index (χ1n) is 7.33. The predicted molar refractivity (Wildman–Crippen MR) is 82.7 cm³/mol. The lowest BCUT2D eigenvalue weighted by Gasteiger charge is -2.24. The summed E-state index contributed by atoms with van der Waals surface area (Å²) in [6.45, 7) is 6.55. The van der Waals surface area contributed by atoms with Gasteiger partial charge < -0.3 is 10.1 Å². The largest absolute Gasteiger partial charge is 0.380 e. The van der Waals surface area contributed by atoms with Gasteiger partial charge in [-0.25, -0.2) is 8.42 Å². The molecule has 1 atom stereocenters. The lowest BCUT2D eigenvalue weighted by atomic mass is 10.1. The minimum absolute atomic E-state index is 0.0631. The van der Waals surface area contributed by atoms with Crippen molar-refractivity contribution in [3.8, 4) is 0 Å². The van der Waals surface area contributed by atoms with Crippen LogP contribution in [-0.2, 0) is 21.3 Å². The van der Waals surface area contributed by atoms with Gasteiger partial charge in [0.2, 0.25) is 10.0 Å². The monoisotopic (exact) mass is 312 g/mol. The van der Waals surface area contributed by atoms with Crippen LogP contribution < -0.4 is 5.32 Å². The minimum Gasteiger partial charge on any atom is -0.380 e. The maximum atomic E-state index is 12.8. The molecule has 0 spiro atoms. The highest BCUT2D eigenvalue weighted by atomic mass is 32.2. The molecule has 21 heavy (non-hydrogen) atoms. The van der Waals surface area contributed by atoms with E-state index < -0.39 is 10.0 Å². The number of rotatable bonds is 6. The molecule has 0 aromatic heterocycles. The third-order valence-electron chi connectivity index (χ3n) is 4.04. The van der Waals surface area contributed by atoms with Crippen LogP contribution in [-0.4, -0.2) is 45.6 Å². The average molecular weight is 312 g/mol. The van der Waals surface area contributed by atoms with Gasteiger partial charge in [0.15, 0.2) is 0 Å².